The van der Waals surface area contributed by atoms with E-state index in [0.717, 1.165) is 12.1 Å². The fourth-order valence-corrected chi connectivity index (χ4v) is 1.41. The van der Waals surface area contributed by atoms with Crippen molar-refractivity contribution < 1.29 is 30.2 Å². The highest BCUT2D eigenvalue weighted by Crippen LogP contribution is 2.34. The Bertz CT molecular complexity index is 492. The second kappa shape index (κ2) is 3.93. The van der Waals surface area contributed by atoms with E-state index in [1.807, 2.05) is 0 Å². The quantitative estimate of drug-likeness (QED) is 0.603. The minimum absolute atomic E-state index is 0.491. The van der Waals surface area contributed by atoms with Gasteiger partial charge in [-0.1, -0.05) is 6.07 Å². The van der Waals surface area contributed by atoms with Crippen LogP contribution in [0.3, 0.4) is 0 Å². The van der Waals surface area contributed by atoms with E-state index in [9.17, 15) is 26.0 Å². The maximum Gasteiger partial charge on any atom is 0.419 e. The molecule has 0 aromatic heterocycles. The molecule has 0 atom stereocenters. The first kappa shape index (κ1) is 12.8. The van der Waals surface area contributed by atoms with Crippen molar-refractivity contribution in [3.8, 4) is 5.75 Å². The molecular weight excluding hydrogens is 252 g/mol. The summed E-state index contributed by atoms with van der Waals surface area (Å²) in [5.74, 6) is -2.72. The van der Waals surface area contributed by atoms with Crippen molar-refractivity contribution in [2.45, 2.75) is 6.18 Å². The Hall–Kier alpha value is -1.31. The Morgan fingerprint density at radius 2 is 1.81 bits per heavy atom. The molecule has 0 aliphatic heterocycles. The monoisotopic (exact) mass is 258 g/mol. The smallest absolute Gasteiger partial charge is 0.379 e. The predicted molar refractivity (Wildman–Crippen MR) is 46.9 cm³/mol. The van der Waals surface area contributed by atoms with E-state index in [4.69, 9.17) is 0 Å². The molecule has 1 rings (SSSR count). The summed E-state index contributed by atoms with van der Waals surface area (Å²) < 4.78 is 75.2. The zero-order valence-corrected chi connectivity index (χ0v) is 8.69. The van der Waals surface area contributed by atoms with Gasteiger partial charge >= 0.3 is 16.3 Å². The normalized spacial score (nSPS) is 12.6. The van der Waals surface area contributed by atoms with Gasteiger partial charge in [-0.25, -0.2) is 4.39 Å². The molecule has 1 aromatic rings. The molecule has 16 heavy (non-hydrogen) atoms. The minimum Gasteiger partial charge on any atom is -0.379 e. The molecule has 0 amide bonds. The molecule has 8 heteroatoms. The van der Waals surface area contributed by atoms with Crippen LogP contribution in [0.4, 0.5) is 17.6 Å². The van der Waals surface area contributed by atoms with Crippen LogP contribution in [0.2, 0.25) is 0 Å². The van der Waals surface area contributed by atoms with Crippen molar-refractivity contribution in [3.63, 3.8) is 0 Å². The third-order valence-corrected chi connectivity index (χ3v) is 1.99. The molecule has 0 N–H and O–H groups in total. The summed E-state index contributed by atoms with van der Waals surface area (Å²) in [7, 11) is -4.07. The zero-order valence-electron chi connectivity index (χ0n) is 7.88. The van der Waals surface area contributed by atoms with Crippen molar-refractivity contribution in [1.82, 2.24) is 0 Å². The lowest BCUT2D eigenvalue weighted by atomic mass is 10.2. The number of alkyl halides is 3. The van der Waals surface area contributed by atoms with Crippen LogP contribution in [0, 0.1) is 5.82 Å². The first-order valence-corrected chi connectivity index (χ1v) is 5.68. The van der Waals surface area contributed by atoms with Crippen LogP contribution in [0.25, 0.3) is 0 Å². The van der Waals surface area contributed by atoms with Gasteiger partial charge in [0.1, 0.15) is 0 Å². The molecule has 0 saturated heterocycles. The molecule has 90 valence electrons. The van der Waals surface area contributed by atoms with Gasteiger partial charge in [-0.2, -0.15) is 21.6 Å². The SMILES string of the molecule is CS(=O)(=O)Oc1cccc(C(F)(F)F)c1F. The molecular formula is C8H6F4O3S. The van der Waals surface area contributed by atoms with Gasteiger partial charge < -0.3 is 4.18 Å². The number of benzene rings is 1. The molecule has 3 nitrogen and oxygen atoms in total. The van der Waals surface area contributed by atoms with Gasteiger partial charge in [0.2, 0.25) is 0 Å². The number of hydrogen-bond donors (Lipinski definition) is 0. The van der Waals surface area contributed by atoms with Crippen LogP contribution in [0.15, 0.2) is 18.2 Å². The molecule has 0 spiro atoms. The van der Waals surface area contributed by atoms with Gasteiger partial charge in [0.15, 0.2) is 11.6 Å². The van der Waals surface area contributed by atoms with Crippen LogP contribution >= 0.6 is 0 Å². The summed E-state index contributed by atoms with van der Waals surface area (Å²) in [4.78, 5) is 0. The highest BCUT2D eigenvalue weighted by atomic mass is 32.2. The lowest BCUT2D eigenvalue weighted by Crippen LogP contribution is -2.12. The summed E-state index contributed by atoms with van der Waals surface area (Å²) in [6.07, 6.45) is -4.30. The Balaban J connectivity index is 3.25. The number of halogens is 4. The molecule has 0 heterocycles. The molecule has 0 aliphatic carbocycles. The number of rotatable bonds is 2. The maximum absolute atomic E-state index is 13.2. The highest BCUT2D eigenvalue weighted by Gasteiger charge is 2.35. The largest absolute Gasteiger partial charge is 0.419 e. The van der Waals surface area contributed by atoms with Crippen molar-refractivity contribution in [2.24, 2.45) is 0 Å². The van der Waals surface area contributed by atoms with Gasteiger partial charge in [-0.15, -0.1) is 0 Å². The van der Waals surface area contributed by atoms with Crippen LogP contribution in [-0.2, 0) is 16.3 Å². The molecule has 0 aliphatic rings. The van der Waals surface area contributed by atoms with Crippen LogP contribution in [-0.4, -0.2) is 14.7 Å². The molecule has 0 fully saturated rings. The van der Waals surface area contributed by atoms with E-state index in [2.05, 4.69) is 4.18 Å². The van der Waals surface area contributed by atoms with Crippen molar-refractivity contribution in [2.75, 3.05) is 6.26 Å². The predicted octanol–water partition coefficient (Wildman–Crippen LogP) is 2.18. The first-order chi connectivity index (χ1) is 7.11. The van der Waals surface area contributed by atoms with Crippen LogP contribution in [0.1, 0.15) is 5.56 Å². The van der Waals surface area contributed by atoms with E-state index >= 15 is 0 Å². The third kappa shape index (κ3) is 3.09. The van der Waals surface area contributed by atoms with Crippen LogP contribution in [0.5, 0.6) is 5.75 Å². The van der Waals surface area contributed by atoms with E-state index in [-0.39, 0.29) is 0 Å². The average Bonchev–Trinajstić information content (AvgIpc) is 2.04. The summed E-state index contributed by atoms with van der Waals surface area (Å²) >= 11 is 0. The second-order valence-corrected chi connectivity index (χ2v) is 4.48. The Kier molecular flexibility index (Phi) is 3.13. The summed E-state index contributed by atoms with van der Waals surface area (Å²) in [6.45, 7) is 0. The van der Waals surface area contributed by atoms with E-state index < -0.39 is 33.4 Å². The second-order valence-electron chi connectivity index (χ2n) is 2.90. The third-order valence-electron chi connectivity index (χ3n) is 1.51. The molecule has 0 bridgehead atoms. The summed E-state index contributed by atoms with van der Waals surface area (Å²) in [5, 5.41) is 0. The Labute approximate surface area is 88.8 Å². The van der Waals surface area contributed by atoms with Gasteiger partial charge in [0.05, 0.1) is 11.8 Å². The van der Waals surface area contributed by atoms with Crippen LogP contribution < -0.4 is 4.18 Å². The average molecular weight is 258 g/mol. The van der Waals surface area contributed by atoms with Gasteiger partial charge in [0.25, 0.3) is 0 Å². The molecule has 0 radical (unpaired) electrons. The molecule has 0 saturated carbocycles. The van der Waals surface area contributed by atoms with Gasteiger partial charge in [-0.05, 0) is 12.1 Å². The Morgan fingerprint density at radius 1 is 1.25 bits per heavy atom. The Morgan fingerprint density at radius 3 is 2.25 bits per heavy atom. The van der Waals surface area contributed by atoms with Gasteiger partial charge in [0, 0.05) is 0 Å². The lowest BCUT2D eigenvalue weighted by molar-refractivity contribution is -0.140. The van der Waals surface area contributed by atoms with Crippen molar-refractivity contribution >= 4 is 10.1 Å². The first-order valence-electron chi connectivity index (χ1n) is 3.86. The molecule has 0 unspecified atom stereocenters. The zero-order chi connectivity index (χ0) is 12.6. The van der Waals surface area contributed by atoms with Crippen molar-refractivity contribution in [3.05, 3.63) is 29.6 Å². The summed E-state index contributed by atoms with van der Waals surface area (Å²) in [6, 6.07) is 2.14. The van der Waals surface area contributed by atoms with E-state index in [0.29, 0.717) is 12.3 Å². The maximum atomic E-state index is 13.2. The minimum atomic E-state index is -4.90. The highest BCUT2D eigenvalue weighted by molar-refractivity contribution is 7.86. The summed E-state index contributed by atoms with van der Waals surface area (Å²) in [5.41, 5.74) is -1.58. The lowest BCUT2D eigenvalue weighted by Gasteiger charge is -2.10. The fraction of sp³-hybridized carbons (Fsp3) is 0.250. The van der Waals surface area contributed by atoms with E-state index in [1.54, 1.807) is 0 Å². The molecule has 1 aromatic carbocycles. The van der Waals surface area contributed by atoms with Crippen molar-refractivity contribution in [1.29, 1.82) is 0 Å². The van der Waals surface area contributed by atoms with E-state index in [1.165, 1.54) is 0 Å². The van der Waals surface area contributed by atoms with Gasteiger partial charge in [-0.3, -0.25) is 0 Å². The number of hydrogen-bond acceptors (Lipinski definition) is 3. The fourth-order valence-electron chi connectivity index (χ4n) is 0.957. The standard InChI is InChI=1S/C8H6F4O3S/c1-16(13,14)15-6-4-2-3-5(7(6)9)8(10,11)12/h2-4H,1H3. The topological polar surface area (TPSA) is 43.4 Å².